The number of halogens is 1. The average molecular weight is 319 g/mol. The molecule has 2 nitrogen and oxygen atoms in total. The Balaban J connectivity index is 2.53. The van der Waals surface area contributed by atoms with E-state index in [0.717, 1.165) is 24.2 Å². The van der Waals surface area contributed by atoms with Crippen molar-refractivity contribution in [3.63, 3.8) is 0 Å². The van der Waals surface area contributed by atoms with Gasteiger partial charge in [0.05, 0.1) is 16.3 Å². The van der Waals surface area contributed by atoms with Crippen molar-refractivity contribution in [2.24, 2.45) is 5.73 Å². The van der Waals surface area contributed by atoms with Gasteiger partial charge in [-0.3, -0.25) is 0 Å². The van der Waals surface area contributed by atoms with Crippen molar-refractivity contribution < 1.29 is 0 Å². The molecule has 2 rings (SSSR count). The lowest BCUT2D eigenvalue weighted by Gasteiger charge is -2.18. The molecule has 0 unspecified atom stereocenters. The molecule has 3 N–H and O–H groups in total. The highest BCUT2D eigenvalue weighted by Crippen LogP contribution is 2.31. The maximum Gasteiger partial charge on any atom is 0.107 e. The number of para-hydroxylation sites is 1. The van der Waals surface area contributed by atoms with Gasteiger partial charge in [-0.1, -0.05) is 61.9 Å². The summed E-state index contributed by atoms with van der Waals surface area (Å²) in [7, 11) is 0. The summed E-state index contributed by atoms with van der Waals surface area (Å²) in [4.78, 5) is 0.301. The fourth-order valence-corrected chi connectivity index (χ4v) is 2.97. The van der Waals surface area contributed by atoms with E-state index in [9.17, 15) is 0 Å². The highest BCUT2D eigenvalue weighted by molar-refractivity contribution is 7.80. The van der Waals surface area contributed by atoms with Crippen LogP contribution in [0, 0.1) is 0 Å². The van der Waals surface area contributed by atoms with Crippen molar-refractivity contribution in [1.29, 1.82) is 0 Å². The molecule has 4 heteroatoms. The van der Waals surface area contributed by atoms with Crippen LogP contribution in [0.1, 0.15) is 30.5 Å². The first-order valence-electron chi connectivity index (χ1n) is 7.04. The third-order valence-corrected chi connectivity index (χ3v) is 4.04. The van der Waals surface area contributed by atoms with E-state index in [1.54, 1.807) is 6.07 Å². The first-order chi connectivity index (χ1) is 10.1. The Morgan fingerprint density at radius 2 is 1.67 bits per heavy atom. The van der Waals surface area contributed by atoms with E-state index in [2.05, 4.69) is 37.4 Å². The van der Waals surface area contributed by atoms with Crippen molar-refractivity contribution in [3.8, 4) is 0 Å². The molecule has 0 bridgehead atoms. The predicted molar refractivity (Wildman–Crippen MR) is 95.8 cm³/mol. The molecule has 0 saturated heterocycles. The minimum Gasteiger partial charge on any atom is -0.389 e. The van der Waals surface area contributed by atoms with Gasteiger partial charge in [0.25, 0.3) is 0 Å². The number of aryl methyl sites for hydroxylation is 2. The number of rotatable bonds is 5. The Hall–Kier alpha value is -1.58. The van der Waals surface area contributed by atoms with Crippen LogP contribution in [0.15, 0.2) is 36.4 Å². The summed E-state index contributed by atoms with van der Waals surface area (Å²) in [6, 6.07) is 12.0. The molecule has 0 spiro atoms. The molecule has 0 aliphatic carbocycles. The molecule has 0 fully saturated rings. The van der Waals surface area contributed by atoms with Crippen LogP contribution in [0.5, 0.6) is 0 Å². The van der Waals surface area contributed by atoms with Gasteiger partial charge in [-0.15, -0.1) is 0 Å². The molecule has 0 saturated carbocycles. The standard InChI is InChI=1S/C17H19ClN2S/c1-3-11-7-5-8-12(4-2)16(11)20-14-10-6-9-13(18)15(14)17(19)21/h5-10,20H,3-4H2,1-2H3,(H2,19,21). The number of thiocarbonyl (C=S) groups is 1. The molecule has 2 aromatic carbocycles. The molecule has 0 heterocycles. The van der Waals surface area contributed by atoms with Crippen molar-refractivity contribution in [2.45, 2.75) is 26.7 Å². The monoisotopic (exact) mass is 318 g/mol. The summed E-state index contributed by atoms with van der Waals surface area (Å²) < 4.78 is 0. The van der Waals surface area contributed by atoms with Crippen LogP contribution in [0.3, 0.4) is 0 Å². The fraction of sp³-hybridized carbons (Fsp3) is 0.235. The molecule has 2 aromatic rings. The second-order valence-corrected chi connectivity index (χ2v) is 5.66. The Kier molecular flexibility index (Phi) is 5.21. The summed E-state index contributed by atoms with van der Waals surface area (Å²) in [5.74, 6) is 0. The molecule has 110 valence electrons. The average Bonchev–Trinajstić information content (AvgIpc) is 2.47. The molecule has 21 heavy (non-hydrogen) atoms. The van der Waals surface area contributed by atoms with E-state index in [1.165, 1.54) is 11.1 Å². The number of anilines is 2. The van der Waals surface area contributed by atoms with E-state index in [1.807, 2.05) is 12.1 Å². The molecule has 0 aliphatic rings. The zero-order valence-corrected chi connectivity index (χ0v) is 13.8. The lowest BCUT2D eigenvalue weighted by Crippen LogP contribution is -2.13. The lowest BCUT2D eigenvalue weighted by atomic mass is 10.0. The van der Waals surface area contributed by atoms with Crippen LogP contribution >= 0.6 is 23.8 Å². The summed E-state index contributed by atoms with van der Waals surface area (Å²) in [5.41, 5.74) is 11.0. The van der Waals surface area contributed by atoms with Gasteiger partial charge in [-0.05, 0) is 36.1 Å². The number of hydrogen-bond donors (Lipinski definition) is 2. The highest BCUT2D eigenvalue weighted by Gasteiger charge is 2.13. The normalized spacial score (nSPS) is 10.4. The lowest BCUT2D eigenvalue weighted by molar-refractivity contribution is 1.09. The van der Waals surface area contributed by atoms with Crippen LogP contribution < -0.4 is 11.1 Å². The van der Waals surface area contributed by atoms with Crippen LogP contribution in [0.25, 0.3) is 0 Å². The van der Waals surface area contributed by atoms with Gasteiger partial charge in [0.15, 0.2) is 0 Å². The molecule has 0 aliphatic heterocycles. The second kappa shape index (κ2) is 6.92. The third-order valence-electron chi connectivity index (χ3n) is 3.52. The SMILES string of the molecule is CCc1cccc(CC)c1Nc1cccc(Cl)c1C(N)=S. The van der Waals surface area contributed by atoms with E-state index in [-0.39, 0.29) is 0 Å². The Morgan fingerprint density at radius 3 is 2.19 bits per heavy atom. The van der Waals surface area contributed by atoms with Crippen LogP contribution in [0.4, 0.5) is 11.4 Å². The highest BCUT2D eigenvalue weighted by atomic mass is 35.5. The first kappa shape index (κ1) is 15.8. The van der Waals surface area contributed by atoms with Crippen molar-refractivity contribution in [2.75, 3.05) is 5.32 Å². The van der Waals surface area contributed by atoms with Crippen molar-refractivity contribution >= 4 is 40.2 Å². The summed E-state index contributed by atoms with van der Waals surface area (Å²) in [5, 5.41) is 4.05. The van der Waals surface area contributed by atoms with Crippen LogP contribution in [-0.4, -0.2) is 4.99 Å². The summed E-state index contributed by atoms with van der Waals surface area (Å²) in [6.45, 7) is 4.29. The summed E-state index contributed by atoms with van der Waals surface area (Å²) in [6.07, 6.45) is 1.91. The van der Waals surface area contributed by atoms with Crippen molar-refractivity contribution in [1.82, 2.24) is 0 Å². The minimum absolute atomic E-state index is 0.301. The Morgan fingerprint density at radius 1 is 1.10 bits per heavy atom. The Bertz CT molecular complexity index is 646. The fourth-order valence-electron chi connectivity index (χ4n) is 2.42. The topological polar surface area (TPSA) is 38.0 Å². The maximum atomic E-state index is 6.23. The largest absolute Gasteiger partial charge is 0.389 e. The third kappa shape index (κ3) is 3.36. The van der Waals surface area contributed by atoms with Crippen LogP contribution in [0.2, 0.25) is 5.02 Å². The molecule has 0 atom stereocenters. The van der Waals surface area contributed by atoms with Gasteiger partial charge in [-0.2, -0.15) is 0 Å². The second-order valence-electron chi connectivity index (χ2n) is 4.81. The van der Waals surface area contributed by atoms with Crippen molar-refractivity contribution in [3.05, 3.63) is 58.1 Å². The maximum absolute atomic E-state index is 6.23. The number of hydrogen-bond acceptors (Lipinski definition) is 2. The first-order valence-corrected chi connectivity index (χ1v) is 7.83. The molecular weight excluding hydrogens is 300 g/mol. The zero-order chi connectivity index (χ0) is 15.4. The summed E-state index contributed by atoms with van der Waals surface area (Å²) >= 11 is 11.4. The predicted octanol–water partition coefficient (Wildman–Crippen LogP) is 4.84. The van der Waals surface area contributed by atoms with Gasteiger partial charge in [0.1, 0.15) is 4.99 Å². The van der Waals surface area contributed by atoms with Gasteiger partial charge in [0, 0.05) is 5.69 Å². The quantitative estimate of drug-likeness (QED) is 0.774. The van der Waals surface area contributed by atoms with Gasteiger partial charge < -0.3 is 11.1 Å². The number of nitrogens with one attached hydrogen (secondary N) is 1. The molecule has 0 radical (unpaired) electrons. The van der Waals surface area contributed by atoms with Crippen LogP contribution in [-0.2, 0) is 12.8 Å². The van der Waals surface area contributed by atoms with E-state index >= 15 is 0 Å². The smallest absolute Gasteiger partial charge is 0.107 e. The van der Waals surface area contributed by atoms with Gasteiger partial charge in [-0.25, -0.2) is 0 Å². The number of benzene rings is 2. The Labute approximate surface area is 136 Å². The van der Waals surface area contributed by atoms with E-state index < -0.39 is 0 Å². The molecule has 0 aromatic heterocycles. The van der Waals surface area contributed by atoms with Gasteiger partial charge in [0.2, 0.25) is 0 Å². The van der Waals surface area contributed by atoms with Gasteiger partial charge >= 0.3 is 0 Å². The molecule has 0 amide bonds. The minimum atomic E-state index is 0.301. The molecular formula is C17H19ClN2S. The van der Waals surface area contributed by atoms with E-state index in [4.69, 9.17) is 29.6 Å². The van der Waals surface area contributed by atoms with E-state index in [0.29, 0.717) is 15.6 Å². The number of nitrogens with two attached hydrogens (primary N) is 1. The zero-order valence-electron chi connectivity index (χ0n) is 12.2.